The van der Waals surface area contributed by atoms with E-state index in [1.54, 1.807) is 20.9 Å². The van der Waals surface area contributed by atoms with Crippen molar-refractivity contribution in [3.05, 3.63) is 37.0 Å². The van der Waals surface area contributed by atoms with E-state index < -0.39 is 0 Å². The summed E-state index contributed by atoms with van der Waals surface area (Å²) in [6, 6.07) is 0. The Morgan fingerprint density at radius 2 is 1.00 bits per heavy atom. The van der Waals surface area contributed by atoms with Crippen LogP contribution < -0.4 is 103 Å². The molecule has 0 heterocycles. The number of nitrogens with two attached hydrogens (primary N) is 2. The molecule has 0 aromatic rings. The van der Waals surface area contributed by atoms with Crippen LogP contribution in [0.15, 0.2) is 4.74 Å². The van der Waals surface area contributed by atoms with Crippen LogP contribution in [-0.4, -0.2) is 25.3 Å². The number of nitrogens with zero attached hydrogens (tertiary/aromatic N) is 1. The number of carbonyl (C=O) groups is 2. The van der Waals surface area contributed by atoms with Crippen LogP contribution in [-0.2, 0) is 9.59 Å². The zero-order valence-corrected chi connectivity index (χ0v) is 24.8. The molecule has 4 aliphatic rings. The summed E-state index contributed by atoms with van der Waals surface area (Å²) in [6.45, 7) is 5.24. The number of Topliss-reactive ketones (excluding diaryl/α,β-unsaturated/α-hetero) is 2. The van der Waals surface area contributed by atoms with Crippen molar-refractivity contribution in [3.8, 4) is 0 Å². The average molecular weight is 434 g/mol. The zero-order chi connectivity index (χ0) is 16.8. The standard InChI is InChI=1S/2C5H7O.2C3H5.C2H6NP.2K.2H2N/c2*1-4(6)5-2-3-5;2*1-2-3-1;1-3-4-2;;;;/h2*2-3H2,1H3;2*1H,2-3H2;1-2H3;;;2*1H2/q4*-1;;2*+1;2*-1. The summed E-state index contributed by atoms with van der Waals surface area (Å²) in [5, 5.41) is 0. The van der Waals surface area contributed by atoms with Gasteiger partial charge in [0, 0.05) is 7.05 Å². The summed E-state index contributed by atoms with van der Waals surface area (Å²) >= 11 is 0. The van der Waals surface area contributed by atoms with Crippen molar-refractivity contribution in [2.45, 2.75) is 65.2 Å². The molecule has 0 atom stereocenters. The first kappa shape index (κ1) is 38.9. The number of ketones is 2. The molecule has 4 aliphatic carbocycles. The summed E-state index contributed by atoms with van der Waals surface area (Å²) < 4.78 is 3.71. The van der Waals surface area contributed by atoms with E-state index in [1.807, 2.05) is 6.66 Å². The van der Waals surface area contributed by atoms with E-state index in [0.717, 1.165) is 45.9 Å². The Labute approximate surface area is 248 Å². The van der Waals surface area contributed by atoms with Crippen LogP contribution in [0.25, 0.3) is 12.3 Å². The third-order valence-corrected chi connectivity index (χ3v) is 3.17. The summed E-state index contributed by atoms with van der Waals surface area (Å²) in [4.78, 5) is 20.3. The topological polar surface area (TPSA) is 114 Å². The van der Waals surface area contributed by atoms with Crippen molar-refractivity contribution in [2.75, 3.05) is 13.7 Å². The number of hydrogen-bond acceptors (Lipinski definition) is 3. The molecule has 0 aromatic carbocycles. The fourth-order valence-electron chi connectivity index (χ4n) is 0.829. The molecule has 0 aliphatic heterocycles. The smallest absolute Gasteiger partial charge is 0.693 e. The van der Waals surface area contributed by atoms with E-state index in [4.69, 9.17) is 0 Å². The Balaban J connectivity index is -0.0000000698. The molecule has 5 nitrogen and oxygen atoms in total. The van der Waals surface area contributed by atoms with E-state index >= 15 is 0 Å². The van der Waals surface area contributed by atoms with Gasteiger partial charge in [-0.15, -0.1) is 0 Å². The van der Waals surface area contributed by atoms with Crippen molar-refractivity contribution in [1.82, 2.24) is 0 Å². The van der Waals surface area contributed by atoms with Gasteiger partial charge < -0.3 is 46.6 Å². The summed E-state index contributed by atoms with van der Waals surface area (Å²) in [7, 11) is 2.92. The van der Waals surface area contributed by atoms with Crippen molar-refractivity contribution >= 4 is 19.9 Å². The maximum absolute atomic E-state index is 10.2. The third kappa shape index (κ3) is 45.2. The Hall–Kier alpha value is 2.37. The Morgan fingerprint density at radius 3 is 1.00 bits per heavy atom. The second-order valence-corrected chi connectivity index (χ2v) is 6.25. The molecule has 26 heavy (non-hydrogen) atoms. The van der Waals surface area contributed by atoms with Gasteiger partial charge in [0.25, 0.3) is 0 Å². The predicted octanol–water partition coefficient (Wildman–Crippen LogP) is 0.674. The first-order chi connectivity index (χ1) is 10.5. The van der Waals surface area contributed by atoms with E-state index in [-0.39, 0.29) is 127 Å². The maximum atomic E-state index is 10.2. The molecular formula is C18H34K2N3O2P-4. The molecule has 4 rings (SSSR count). The van der Waals surface area contributed by atoms with Gasteiger partial charge in [-0.25, -0.2) is 25.7 Å². The molecule has 0 saturated heterocycles. The van der Waals surface area contributed by atoms with E-state index in [1.165, 1.54) is 25.7 Å². The monoisotopic (exact) mass is 433 g/mol. The summed E-state index contributed by atoms with van der Waals surface area (Å²) in [6.07, 6.45) is 14.3. The fraction of sp³-hybridized carbons (Fsp3) is 0.667. The molecule has 4 saturated carbocycles. The van der Waals surface area contributed by atoms with Gasteiger partial charge in [-0.1, -0.05) is 0 Å². The van der Waals surface area contributed by atoms with E-state index in [2.05, 4.69) is 17.6 Å². The third-order valence-electron chi connectivity index (χ3n) is 2.77. The van der Waals surface area contributed by atoms with Crippen LogP contribution in [0.3, 0.4) is 0 Å². The molecule has 0 radical (unpaired) electrons. The number of rotatable bonds is 2. The minimum absolute atomic E-state index is 0. The molecular weight excluding hydrogens is 399 g/mol. The second kappa shape index (κ2) is 27.4. The normalized spacial score (nSPS) is 15.2. The molecule has 0 amide bonds. The Morgan fingerprint density at radius 1 is 0.808 bits per heavy atom. The average Bonchev–Trinajstić information content (AvgIpc) is 3.37. The molecule has 144 valence electrons. The first-order valence-corrected chi connectivity index (χ1v) is 9.34. The van der Waals surface area contributed by atoms with Gasteiger partial charge in [0.05, 0.1) is 0 Å². The van der Waals surface area contributed by atoms with Crippen molar-refractivity contribution in [2.24, 2.45) is 4.74 Å². The zero-order valence-electron chi connectivity index (χ0n) is 17.7. The van der Waals surface area contributed by atoms with E-state index in [9.17, 15) is 9.59 Å². The SMILES string of the molecule is CC(=O)[C-]1CC1.CC(=O)[C-]1CC1.CN=PC.[CH-]1CC1.[CH-]1CC1.[K+].[K+].[NH2-].[NH2-]. The first-order valence-electron chi connectivity index (χ1n) is 8.05. The number of carbonyl (C=O) groups excluding carboxylic acids is 2. The van der Waals surface area contributed by atoms with Gasteiger partial charge in [-0.3, -0.25) is 4.74 Å². The molecule has 0 unspecified atom stereocenters. The van der Waals surface area contributed by atoms with Crippen molar-refractivity contribution in [1.29, 1.82) is 0 Å². The molecule has 4 fully saturated rings. The Kier molecular flexibility index (Phi) is 41.0. The van der Waals surface area contributed by atoms with Crippen LogP contribution in [0.2, 0.25) is 0 Å². The number of hydrogen-bond donors (Lipinski definition) is 0. The maximum Gasteiger partial charge on any atom is 1.00 e. The van der Waals surface area contributed by atoms with Gasteiger partial charge in [0.2, 0.25) is 0 Å². The van der Waals surface area contributed by atoms with Crippen molar-refractivity contribution < 1.29 is 112 Å². The molecule has 0 spiro atoms. The minimum atomic E-state index is 0. The van der Waals surface area contributed by atoms with E-state index in [0.29, 0.717) is 0 Å². The molecule has 0 aromatic heterocycles. The fourth-order valence-corrected chi connectivity index (χ4v) is 0.829. The van der Waals surface area contributed by atoms with Gasteiger partial charge in [-0.2, -0.15) is 25.7 Å². The summed E-state index contributed by atoms with van der Waals surface area (Å²) in [5.41, 5.74) is 0. The quantitative estimate of drug-likeness (QED) is 0.362. The largest absolute Gasteiger partial charge is 1.00 e. The van der Waals surface area contributed by atoms with Gasteiger partial charge in [-0.05, 0) is 40.5 Å². The van der Waals surface area contributed by atoms with Gasteiger partial charge in [0.1, 0.15) is 0 Å². The molecule has 4 N–H and O–H groups in total. The van der Waals surface area contributed by atoms with Gasteiger partial charge in [0.15, 0.2) is 0 Å². The van der Waals surface area contributed by atoms with Crippen LogP contribution in [0.4, 0.5) is 0 Å². The second-order valence-electron chi connectivity index (χ2n) is 5.45. The molecule has 0 bridgehead atoms. The minimum Gasteiger partial charge on any atom is -0.693 e. The molecule has 8 heteroatoms. The summed E-state index contributed by atoms with van der Waals surface area (Å²) in [5.74, 6) is 2.81. The van der Waals surface area contributed by atoms with Crippen LogP contribution in [0.5, 0.6) is 0 Å². The predicted molar refractivity (Wildman–Crippen MR) is 105 cm³/mol. The van der Waals surface area contributed by atoms with Crippen molar-refractivity contribution in [3.63, 3.8) is 0 Å². The van der Waals surface area contributed by atoms with Crippen LogP contribution in [0, 0.1) is 24.7 Å². The Bertz CT molecular complexity index is 310. The van der Waals surface area contributed by atoms with Crippen LogP contribution in [0.1, 0.15) is 65.2 Å². The van der Waals surface area contributed by atoms with Gasteiger partial charge >= 0.3 is 103 Å². The van der Waals surface area contributed by atoms with Crippen LogP contribution >= 0.6 is 8.37 Å².